The quantitative estimate of drug-likeness (QED) is 0.867. The molecule has 6 heteroatoms. The molecule has 0 spiro atoms. The molecule has 0 radical (unpaired) electrons. The molecule has 1 heterocycles. The number of carbonyl (C=O) groups excluding carboxylic acids is 1. The van der Waals surface area contributed by atoms with Crippen LogP contribution in [0.3, 0.4) is 0 Å². The minimum Gasteiger partial charge on any atom is -0.410 e. The van der Waals surface area contributed by atoms with Crippen molar-refractivity contribution in [2.45, 2.75) is 16.6 Å². The minimum absolute atomic E-state index is 0.156. The maximum Gasteiger partial charge on any atom is 0.415 e. The standard InChI is InChI=1S/C17H17NO4S/c19-17(22-14-7-3-1-4-8-14)18-12-11-16(13-18)23(20,21)15-9-5-2-6-10-15/h1-10,16H,11-13H2. The summed E-state index contributed by atoms with van der Waals surface area (Å²) in [7, 11) is -3.43. The Hall–Kier alpha value is -2.34. The lowest BCUT2D eigenvalue weighted by Crippen LogP contribution is -2.33. The molecule has 1 aliphatic heterocycles. The summed E-state index contributed by atoms with van der Waals surface area (Å²) in [5.74, 6) is 0.451. The molecule has 2 aromatic rings. The van der Waals surface area contributed by atoms with Gasteiger partial charge >= 0.3 is 6.09 Å². The molecule has 0 N–H and O–H groups in total. The number of ether oxygens (including phenoxy) is 1. The molecule has 1 saturated heterocycles. The van der Waals surface area contributed by atoms with Crippen LogP contribution in [-0.4, -0.2) is 37.8 Å². The van der Waals surface area contributed by atoms with E-state index in [0.717, 1.165) is 0 Å². The fourth-order valence-corrected chi connectivity index (χ4v) is 4.32. The molecule has 1 aliphatic rings. The van der Waals surface area contributed by atoms with Gasteiger partial charge in [0.1, 0.15) is 5.75 Å². The van der Waals surface area contributed by atoms with Gasteiger partial charge in [-0.15, -0.1) is 0 Å². The second kappa shape index (κ2) is 6.42. The van der Waals surface area contributed by atoms with Crippen molar-refractivity contribution in [3.63, 3.8) is 0 Å². The molecular formula is C17H17NO4S. The highest BCUT2D eigenvalue weighted by Gasteiger charge is 2.36. The van der Waals surface area contributed by atoms with Gasteiger partial charge < -0.3 is 9.64 Å². The van der Waals surface area contributed by atoms with E-state index in [1.807, 2.05) is 6.07 Å². The number of nitrogens with zero attached hydrogens (tertiary/aromatic N) is 1. The number of para-hydroxylation sites is 1. The van der Waals surface area contributed by atoms with E-state index in [-0.39, 0.29) is 6.54 Å². The molecule has 1 fully saturated rings. The van der Waals surface area contributed by atoms with Crippen molar-refractivity contribution >= 4 is 15.9 Å². The first-order chi connectivity index (χ1) is 11.1. The first kappa shape index (κ1) is 15.6. The Bertz CT molecular complexity index is 775. The number of sulfone groups is 1. The van der Waals surface area contributed by atoms with E-state index in [0.29, 0.717) is 23.6 Å². The van der Waals surface area contributed by atoms with Crippen LogP contribution in [0.4, 0.5) is 4.79 Å². The zero-order valence-electron chi connectivity index (χ0n) is 12.5. The summed E-state index contributed by atoms with van der Waals surface area (Å²) >= 11 is 0. The van der Waals surface area contributed by atoms with E-state index >= 15 is 0 Å². The highest BCUT2D eigenvalue weighted by Crippen LogP contribution is 2.24. The lowest BCUT2D eigenvalue weighted by atomic mass is 10.3. The van der Waals surface area contributed by atoms with Gasteiger partial charge in [-0.3, -0.25) is 0 Å². The van der Waals surface area contributed by atoms with Crippen molar-refractivity contribution in [1.82, 2.24) is 4.90 Å². The molecule has 0 saturated carbocycles. The van der Waals surface area contributed by atoms with E-state index in [4.69, 9.17) is 4.74 Å². The van der Waals surface area contributed by atoms with Gasteiger partial charge in [-0.2, -0.15) is 0 Å². The smallest absolute Gasteiger partial charge is 0.410 e. The Labute approximate surface area is 135 Å². The lowest BCUT2D eigenvalue weighted by Gasteiger charge is -2.16. The van der Waals surface area contributed by atoms with E-state index in [2.05, 4.69) is 0 Å². The fraction of sp³-hybridized carbons (Fsp3) is 0.235. The number of likely N-dealkylation sites (tertiary alicyclic amines) is 1. The normalized spacial score (nSPS) is 17.9. The van der Waals surface area contributed by atoms with Crippen molar-refractivity contribution in [2.24, 2.45) is 0 Å². The van der Waals surface area contributed by atoms with Crippen LogP contribution in [0, 0.1) is 0 Å². The third-order valence-electron chi connectivity index (χ3n) is 3.86. The van der Waals surface area contributed by atoms with Crippen LogP contribution in [0.1, 0.15) is 6.42 Å². The Kier molecular flexibility index (Phi) is 4.34. The van der Waals surface area contributed by atoms with E-state index < -0.39 is 21.2 Å². The van der Waals surface area contributed by atoms with Gasteiger partial charge in [0, 0.05) is 13.1 Å². The highest BCUT2D eigenvalue weighted by atomic mass is 32.2. The summed E-state index contributed by atoms with van der Waals surface area (Å²) in [5.41, 5.74) is 0. The number of hydrogen-bond donors (Lipinski definition) is 0. The number of rotatable bonds is 3. The maximum absolute atomic E-state index is 12.6. The summed E-state index contributed by atoms with van der Waals surface area (Å²) in [6.07, 6.45) is -0.0943. The van der Waals surface area contributed by atoms with Gasteiger partial charge in [-0.1, -0.05) is 36.4 Å². The molecule has 1 amide bonds. The molecule has 0 aromatic heterocycles. The van der Waals surface area contributed by atoms with Gasteiger partial charge in [0.2, 0.25) is 0 Å². The van der Waals surface area contributed by atoms with Crippen molar-refractivity contribution in [3.05, 3.63) is 60.7 Å². The van der Waals surface area contributed by atoms with E-state index in [1.54, 1.807) is 54.6 Å². The second-order valence-electron chi connectivity index (χ2n) is 5.40. The summed E-state index contributed by atoms with van der Waals surface area (Å²) in [6.45, 7) is 0.533. The molecule has 3 rings (SSSR count). The molecular weight excluding hydrogens is 314 g/mol. The van der Waals surface area contributed by atoms with Crippen LogP contribution in [0.15, 0.2) is 65.6 Å². The van der Waals surface area contributed by atoms with Crippen molar-refractivity contribution in [3.8, 4) is 5.75 Å². The van der Waals surface area contributed by atoms with Crippen LogP contribution in [0.25, 0.3) is 0 Å². The molecule has 0 aliphatic carbocycles. The lowest BCUT2D eigenvalue weighted by molar-refractivity contribution is 0.163. The first-order valence-electron chi connectivity index (χ1n) is 7.38. The van der Waals surface area contributed by atoms with Crippen LogP contribution >= 0.6 is 0 Å². The van der Waals surface area contributed by atoms with Crippen LogP contribution < -0.4 is 4.74 Å². The molecule has 23 heavy (non-hydrogen) atoms. The molecule has 1 unspecified atom stereocenters. The number of amides is 1. The van der Waals surface area contributed by atoms with Crippen LogP contribution in [0.2, 0.25) is 0 Å². The Morgan fingerprint density at radius 3 is 2.26 bits per heavy atom. The molecule has 2 aromatic carbocycles. The first-order valence-corrected chi connectivity index (χ1v) is 8.93. The zero-order valence-corrected chi connectivity index (χ0v) is 13.3. The largest absolute Gasteiger partial charge is 0.415 e. The number of benzene rings is 2. The van der Waals surface area contributed by atoms with Crippen LogP contribution in [-0.2, 0) is 9.84 Å². The number of carbonyl (C=O) groups is 1. The van der Waals surface area contributed by atoms with Crippen LogP contribution in [0.5, 0.6) is 5.75 Å². The Morgan fingerprint density at radius 1 is 1.00 bits per heavy atom. The third-order valence-corrected chi connectivity index (χ3v) is 6.05. The van der Waals surface area contributed by atoms with E-state index in [9.17, 15) is 13.2 Å². The topological polar surface area (TPSA) is 63.7 Å². The predicted octanol–water partition coefficient (Wildman–Crippen LogP) is 2.73. The molecule has 1 atom stereocenters. The fourth-order valence-electron chi connectivity index (χ4n) is 2.60. The van der Waals surface area contributed by atoms with Crippen molar-refractivity contribution < 1.29 is 17.9 Å². The average molecular weight is 331 g/mol. The minimum atomic E-state index is -3.43. The monoisotopic (exact) mass is 331 g/mol. The summed E-state index contributed by atoms with van der Waals surface area (Å²) < 4.78 is 30.4. The zero-order chi connectivity index (χ0) is 16.3. The van der Waals surface area contributed by atoms with Crippen molar-refractivity contribution in [1.29, 1.82) is 0 Å². The number of hydrogen-bond acceptors (Lipinski definition) is 4. The maximum atomic E-state index is 12.6. The molecule has 5 nitrogen and oxygen atoms in total. The second-order valence-corrected chi connectivity index (χ2v) is 7.62. The Balaban J connectivity index is 1.68. The third kappa shape index (κ3) is 3.37. The van der Waals surface area contributed by atoms with Crippen molar-refractivity contribution in [2.75, 3.05) is 13.1 Å². The van der Waals surface area contributed by atoms with Gasteiger partial charge in [0.15, 0.2) is 9.84 Å². The molecule has 0 bridgehead atoms. The summed E-state index contributed by atoms with van der Waals surface area (Å²) in [4.78, 5) is 13.9. The SMILES string of the molecule is O=C(Oc1ccccc1)N1CCC(S(=O)(=O)c2ccccc2)C1. The average Bonchev–Trinajstić information content (AvgIpc) is 3.07. The summed E-state index contributed by atoms with van der Waals surface area (Å²) in [6, 6.07) is 17.1. The van der Waals surface area contributed by atoms with Gasteiger partial charge in [0.05, 0.1) is 10.1 Å². The van der Waals surface area contributed by atoms with Gasteiger partial charge in [-0.25, -0.2) is 13.2 Å². The highest BCUT2D eigenvalue weighted by molar-refractivity contribution is 7.92. The van der Waals surface area contributed by atoms with Gasteiger partial charge in [0.25, 0.3) is 0 Å². The van der Waals surface area contributed by atoms with Gasteiger partial charge in [-0.05, 0) is 30.7 Å². The Morgan fingerprint density at radius 2 is 1.61 bits per heavy atom. The summed E-state index contributed by atoms with van der Waals surface area (Å²) in [5, 5.41) is -0.590. The molecule has 120 valence electrons. The predicted molar refractivity (Wildman–Crippen MR) is 86.1 cm³/mol. The van der Waals surface area contributed by atoms with E-state index in [1.165, 1.54) is 4.90 Å².